The summed E-state index contributed by atoms with van der Waals surface area (Å²) in [5.41, 5.74) is 2.12. The van der Waals surface area contributed by atoms with Crippen molar-refractivity contribution in [3.63, 3.8) is 0 Å². The summed E-state index contributed by atoms with van der Waals surface area (Å²) in [4.78, 5) is 12.8. The van der Waals surface area contributed by atoms with Crippen LogP contribution in [0.5, 0.6) is 0 Å². The zero-order valence-electron chi connectivity index (χ0n) is 10.6. The first-order chi connectivity index (χ1) is 8.72. The van der Waals surface area contributed by atoms with Crippen molar-refractivity contribution >= 4 is 22.9 Å². The average Bonchev–Trinajstić information content (AvgIpc) is 2.92. The van der Waals surface area contributed by atoms with E-state index < -0.39 is 0 Å². The SMILES string of the molecule is CCC(C)c1ccccc1NC(=O)c1cccs1. The maximum atomic E-state index is 12.0. The third-order valence-corrected chi connectivity index (χ3v) is 3.97. The Balaban J connectivity index is 2.21. The third-order valence-electron chi connectivity index (χ3n) is 3.10. The van der Waals surface area contributed by atoms with E-state index >= 15 is 0 Å². The van der Waals surface area contributed by atoms with Gasteiger partial charge in [-0.25, -0.2) is 0 Å². The fourth-order valence-electron chi connectivity index (χ4n) is 1.85. The monoisotopic (exact) mass is 259 g/mol. The van der Waals surface area contributed by atoms with Gasteiger partial charge in [-0.2, -0.15) is 0 Å². The smallest absolute Gasteiger partial charge is 0.265 e. The van der Waals surface area contributed by atoms with Gasteiger partial charge in [-0.1, -0.05) is 38.1 Å². The van der Waals surface area contributed by atoms with Gasteiger partial charge in [0, 0.05) is 5.69 Å². The van der Waals surface area contributed by atoms with Crippen LogP contribution >= 0.6 is 11.3 Å². The van der Waals surface area contributed by atoms with Crippen LogP contribution in [0.4, 0.5) is 5.69 Å². The highest BCUT2D eigenvalue weighted by atomic mass is 32.1. The number of carbonyl (C=O) groups excluding carboxylic acids is 1. The first kappa shape index (κ1) is 12.8. The highest BCUT2D eigenvalue weighted by Gasteiger charge is 2.12. The molecule has 0 aliphatic rings. The Morgan fingerprint density at radius 2 is 2.06 bits per heavy atom. The van der Waals surface area contributed by atoms with Crippen molar-refractivity contribution in [3.8, 4) is 0 Å². The van der Waals surface area contributed by atoms with Gasteiger partial charge in [0.25, 0.3) is 5.91 Å². The zero-order chi connectivity index (χ0) is 13.0. The Bertz CT molecular complexity index is 519. The molecule has 2 aromatic rings. The molecule has 0 spiro atoms. The van der Waals surface area contributed by atoms with Crippen LogP contribution in [0.2, 0.25) is 0 Å². The molecule has 0 bridgehead atoms. The zero-order valence-corrected chi connectivity index (χ0v) is 11.5. The number of amides is 1. The van der Waals surface area contributed by atoms with Crippen molar-refractivity contribution in [2.24, 2.45) is 0 Å². The van der Waals surface area contributed by atoms with Crippen molar-refractivity contribution in [1.82, 2.24) is 0 Å². The molecule has 2 nitrogen and oxygen atoms in total. The van der Waals surface area contributed by atoms with Gasteiger partial charge in [0.05, 0.1) is 4.88 Å². The van der Waals surface area contributed by atoms with Crippen LogP contribution < -0.4 is 5.32 Å². The van der Waals surface area contributed by atoms with Crippen LogP contribution in [0, 0.1) is 0 Å². The number of rotatable bonds is 4. The summed E-state index contributed by atoms with van der Waals surface area (Å²) in [5, 5.41) is 4.91. The van der Waals surface area contributed by atoms with E-state index in [2.05, 4.69) is 25.2 Å². The lowest BCUT2D eigenvalue weighted by Crippen LogP contribution is -2.12. The predicted octanol–water partition coefficient (Wildman–Crippen LogP) is 4.51. The van der Waals surface area contributed by atoms with Gasteiger partial charge in [-0.05, 0) is 35.4 Å². The van der Waals surface area contributed by atoms with E-state index in [1.165, 1.54) is 16.9 Å². The molecule has 0 radical (unpaired) electrons. The van der Waals surface area contributed by atoms with Crippen LogP contribution in [-0.2, 0) is 0 Å². The number of benzene rings is 1. The average molecular weight is 259 g/mol. The van der Waals surface area contributed by atoms with Gasteiger partial charge in [0.2, 0.25) is 0 Å². The van der Waals surface area contributed by atoms with Gasteiger partial charge in [0.15, 0.2) is 0 Å². The lowest BCUT2D eigenvalue weighted by Gasteiger charge is -2.15. The van der Waals surface area contributed by atoms with Crippen LogP contribution in [-0.4, -0.2) is 5.91 Å². The van der Waals surface area contributed by atoms with E-state index in [4.69, 9.17) is 0 Å². The standard InChI is InChI=1S/C15H17NOS/c1-3-11(2)12-7-4-5-8-13(12)16-15(17)14-9-6-10-18-14/h4-11H,3H2,1-2H3,(H,16,17). The number of hydrogen-bond acceptors (Lipinski definition) is 2. The fraction of sp³-hybridized carbons (Fsp3) is 0.267. The highest BCUT2D eigenvalue weighted by Crippen LogP contribution is 2.27. The van der Waals surface area contributed by atoms with E-state index in [0.29, 0.717) is 5.92 Å². The second-order valence-electron chi connectivity index (χ2n) is 4.33. The van der Waals surface area contributed by atoms with Gasteiger partial charge < -0.3 is 5.32 Å². The molecule has 0 aliphatic heterocycles. The molecular weight excluding hydrogens is 242 g/mol. The quantitative estimate of drug-likeness (QED) is 0.859. The number of para-hydroxylation sites is 1. The second kappa shape index (κ2) is 5.83. The molecular formula is C15H17NOS. The molecule has 1 heterocycles. The molecule has 2 rings (SSSR count). The molecule has 0 saturated carbocycles. The minimum atomic E-state index is -0.0271. The van der Waals surface area contributed by atoms with E-state index in [1.54, 1.807) is 0 Å². The molecule has 0 aliphatic carbocycles. The summed E-state index contributed by atoms with van der Waals surface area (Å²) in [7, 11) is 0. The molecule has 0 fully saturated rings. The second-order valence-corrected chi connectivity index (χ2v) is 5.28. The van der Waals surface area contributed by atoms with Gasteiger partial charge >= 0.3 is 0 Å². The lowest BCUT2D eigenvalue weighted by molar-refractivity contribution is 0.103. The summed E-state index contributed by atoms with van der Waals surface area (Å²) in [5.74, 6) is 0.422. The van der Waals surface area contributed by atoms with Crippen molar-refractivity contribution < 1.29 is 4.79 Å². The Morgan fingerprint density at radius 3 is 2.72 bits per heavy atom. The minimum Gasteiger partial charge on any atom is -0.321 e. The molecule has 3 heteroatoms. The minimum absolute atomic E-state index is 0.0271. The number of carbonyl (C=O) groups is 1. The Hall–Kier alpha value is -1.61. The molecule has 1 aromatic heterocycles. The molecule has 1 aromatic carbocycles. The number of thiophene rings is 1. The van der Waals surface area contributed by atoms with E-state index in [1.807, 2.05) is 35.7 Å². The van der Waals surface area contributed by atoms with Gasteiger partial charge in [-0.3, -0.25) is 4.79 Å². The predicted molar refractivity (Wildman–Crippen MR) is 77.4 cm³/mol. The summed E-state index contributed by atoms with van der Waals surface area (Å²) < 4.78 is 0. The third kappa shape index (κ3) is 2.79. The first-order valence-corrected chi connectivity index (χ1v) is 7.04. The molecule has 1 unspecified atom stereocenters. The topological polar surface area (TPSA) is 29.1 Å². The first-order valence-electron chi connectivity index (χ1n) is 6.16. The summed E-state index contributed by atoms with van der Waals surface area (Å²) in [6.45, 7) is 4.33. The van der Waals surface area contributed by atoms with Gasteiger partial charge in [-0.15, -0.1) is 11.3 Å². The molecule has 1 N–H and O–H groups in total. The van der Waals surface area contributed by atoms with E-state index in [-0.39, 0.29) is 5.91 Å². The van der Waals surface area contributed by atoms with Crippen molar-refractivity contribution in [2.45, 2.75) is 26.2 Å². The molecule has 0 saturated heterocycles. The van der Waals surface area contributed by atoms with Crippen molar-refractivity contribution in [1.29, 1.82) is 0 Å². The Labute approximate surface area is 112 Å². The van der Waals surface area contributed by atoms with E-state index in [9.17, 15) is 4.79 Å². The van der Waals surface area contributed by atoms with Crippen LogP contribution in [0.3, 0.4) is 0 Å². The van der Waals surface area contributed by atoms with Crippen molar-refractivity contribution in [2.75, 3.05) is 5.32 Å². The molecule has 94 valence electrons. The van der Waals surface area contributed by atoms with Crippen LogP contribution in [0.15, 0.2) is 41.8 Å². The molecule has 18 heavy (non-hydrogen) atoms. The Morgan fingerprint density at radius 1 is 1.28 bits per heavy atom. The van der Waals surface area contributed by atoms with Gasteiger partial charge in [0.1, 0.15) is 0 Å². The molecule has 1 atom stereocenters. The largest absolute Gasteiger partial charge is 0.321 e. The number of nitrogens with one attached hydrogen (secondary N) is 1. The fourth-order valence-corrected chi connectivity index (χ4v) is 2.47. The highest BCUT2D eigenvalue weighted by molar-refractivity contribution is 7.12. The summed E-state index contributed by atoms with van der Waals surface area (Å²) in [6, 6.07) is 11.7. The summed E-state index contributed by atoms with van der Waals surface area (Å²) in [6.07, 6.45) is 1.06. The maximum absolute atomic E-state index is 12.0. The number of anilines is 1. The Kier molecular flexibility index (Phi) is 4.15. The summed E-state index contributed by atoms with van der Waals surface area (Å²) >= 11 is 1.46. The molecule has 1 amide bonds. The van der Waals surface area contributed by atoms with Crippen LogP contribution in [0.25, 0.3) is 0 Å². The van der Waals surface area contributed by atoms with E-state index in [0.717, 1.165) is 17.0 Å². The normalized spacial score (nSPS) is 12.1. The van der Waals surface area contributed by atoms with Crippen LogP contribution in [0.1, 0.15) is 41.4 Å². The van der Waals surface area contributed by atoms with Crippen molar-refractivity contribution in [3.05, 3.63) is 52.2 Å². The lowest BCUT2D eigenvalue weighted by atomic mass is 9.97. The maximum Gasteiger partial charge on any atom is 0.265 e. The number of hydrogen-bond donors (Lipinski definition) is 1.